The van der Waals surface area contributed by atoms with Gasteiger partial charge in [-0.1, -0.05) is 0 Å². The number of hydrogen-bond donors (Lipinski definition) is 1. The van der Waals surface area contributed by atoms with Gasteiger partial charge in [0.15, 0.2) is 0 Å². The van der Waals surface area contributed by atoms with Crippen molar-refractivity contribution in [2.45, 2.75) is 19.0 Å². The third-order valence-electron chi connectivity index (χ3n) is 3.56. The van der Waals surface area contributed by atoms with Crippen LogP contribution in [0.1, 0.15) is 23.2 Å². The summed E-state index contributed by atoms with van der Waals surface area (Å²) in [6, 6.07) is 1.36. The molecular weight excluding hydrogens is 295 g/mol. The van der Waals surface area contributed by atoms with Crippen LogP contribution in [0, 0.1) is 17.6 Å². The van der Waals surface area contributed by atoms with Crippen molar-refractivity contribution in [3.63, 3.8) is 0 Å². The molecule has 0 atom stereocenters. The zero-order chi connectivity index (χ0) is 15.8. The molecule has 0 aliphatic carbocycles. The zero-order valence-corrected chi connectivity index (χ0v) is 10.9. The average molecular weight is 308 g/mol. The van der Waals surface area contributed by atoms with Gasteiger partial charge in [0.25, 0.3) is 5.91 Å². The van der Waals surface area contributed by atoms with E-state index in [1.54, 1.807) is 0 Å². The van der Waals surface area contributed by atoms with Crippen molar-refractivity contribution >= 4 is 11.6 Å². The SMILES string of the molecule is Nc1cc(C(=O)N2CCC(C(F)(F)F)CC2)c(F)cc1F. The normalized spacial score (nSPS) is 17.1. The van der Waals surface area contributed by atoms with Crippen LogP contribution in [0.15, 0.2) is 12.1 Å². The summed E-state index contributed by atoms with van der Waals surface area (Å²) in [7, 11) is 0. The first-order chi connectivity index (χ1) is 9.70. The molecule has 2 N–H and O–H groups in total. The number of anilines is 1. The molecule has 8 heteroatoms. The minimum absolute atomic E-state index is 0.125. The largest absolute Gasteiger partial charge is 0.396 e. The Morgan fingerprint density at radius 1 is 1.14 bits per heavy atom. The van der Waals surface area contributed by atoms with E-state index in [1.165, 1.54) is 0 Å². The first-order valence-electron chi connectivity index (χ1n) is 6.30. The van der Waals surface area contributed by atoms with E-state index >= 15 is 0 Å². The fourth-order valence-corrected chi connectivity index (χ4v) is 2.31. The highest BCUT2D eigenvalue weighted by atomic mass is 19.4. The first-order valence-corrected chi connectivity index (χ1v) is 6.30. The Morgan fingerprint density at radius 3 is 2.24 bits per heavy atom. The number of nitrogens with two attached hydrogens (primary N) is 1. The van der Waals surface area contributed by atoms with Gasteiger partial charge in [-0.25, -0.2) is 8.78 Å². The van der Waals surface area contributed by atoms with E-state index in [1.807, 2.05) is 0 Å². The van der Waals surface area contributed by atoms with Crippen LogP contribution in [0.25, 0.3) is 0 Å². The Kier molecular flexibility index (Phi) is 4.06. The highest BCUT2D eigenvalue weighted by Crippen LogP contribution is 2.34. The van der Waals surface area contributed by atoms with Crippen LogP contribution in [0.5, 0.6) is 0 Å². The number of carbonyl (C=O) groups is 1. The van der Waals surface area contributed by atoms with Gasteiger partial charge in [-0.2, -0.15) is 13.2 Å². The fraction of sp³-hybridized carbons (Fsp3) is 0.462. The molecule has 0 spiro atoms. The lowest BCUT2D eigenvalue weighted by Gasteiger charge is -2.33. The Hall–Kier alpha value is -1.86. The van der Waals surface area contributed by atoms with Crippen LogP contribution in [0.2, 0.25) is 0 Å². The summed E-state index contributed by atoms with van der Waals surface area (Å²) in [6.07, 6.45) is -4.75. The van der Waals surface area contributed by atoms with Crippen molar-refractivity contribution in [2.24, 2.45) is 5.92 Å². The summed E-state index contributed by atoms with van der Waals surface area (Å²) in [6.45, 7) is -0.251. The van der Waals surface area contributed by atoms with Gasteiger partial charge >= 0.3 is 6.18 Å². The molecule has 0 saturated carbocycles. The maximum Gasteiger partial charge on any atom is 0.391 e. The van der Waals surface area contributed by atoms with Gasteiger partial charge in [0.05, 0.1) is 17.2 Å². The van der Waals surface area contributed by atoms with Crippen molar-refractivity contribution in [3.8, 4) is 0 Å². The van der Waals surface area contributed by atoms with Gasteiger partial charge in [0.1, 0.15) is 11.6 Å². The van der Waals surface area contributed by atoms with Crippen LogP contribution in [-0.2, 0) is 0 Å². The van der Waals surface area contributed by atoms with Crippen molar-refractivity contribution < 1.29 is 26.7 Å². The molecule has 1 fully saturated rings. The molecule has 1 saturated heterocycles. The maximum atomic E-state index is 13.6. The number of piperidine rings is 1. The average Bonchev–Trinajstić information content (AvgIpc) is 2.41. The fourth-order valence-electron chi connectivity index (χ4n) is 2.31. The highest BCUT2D eigenvalue weighted by Gasteiger charge is 2.41. The predicted octanol–water partition coefficient (Wildman–Crippen LogP) is 2.96. The molecule has 3 nitrogen and oxygen atoms in total. The van der Waals surface area contributed by atoms with E-state index in [4.69, 9.17) is 5.73 Å². The van der Waals surface area contributed by atoms with Gasteiger partial charge in [-0.3, -0.25) is 4.79 Å². The quantitative estimate of drug-likeness (QED) is 0.640. The number of likely N-dealkylation sites (tertiary alicyclic amines) is 1. The molecule has 116 valence electrons. The summed E-state index contributed by atoms with van der Waals surface area (Å²) in [5, 5.41) is 0. The molecule has 1 heterocycles. The second kappa shape index (κ2) is 5.50. The van der Waals surface area contributed by atoms with Crippen LogP contribution >= 0.6 is 0 Å². The maximum absolute atomic E-state index is 13.6. The molecule has 1 aliphatic rings. The smallest absolute Gasteiger partial charge is 0.391 e. The lowest BCUT2D eigenvalue weighted by Crippen LogP contribution is -2.42. The van der Waals surface area contributed by atoms with Crippen LogP contribution in [0.4, 0.5) is 27.6 Å². The molecular formula is C13H13F5N2O. The molecule has 1 aliphatic heterocycles. The number of nitrogen functional groups attached to an aromatic ring is 1. The number of amides is 1. The van der Waals surface area contributed by atoms with Crippen molar-refractivity contribution in [2.75, 3.05) is 18.8 Å². The molecule has 1 aromatic carbocycles. The zero-order valence-electron chi connectivity index (χ0n) is 10.9. The third-order valence-corrected chi connectivity index (χ3v) is 3.56. The van der Waals surface area contributed by atoms with Gasteiger partial charge in [0, 0.05) is 19.2 Å². The van der Waals surface area contributed by atoms with E-state index in [9.17, 15) is 26.7 Å². The summed E-state index contributed by atoms with van der Waals surface area (Å²) in [5.41, 5.74) is 4.46. The van der Waals surface area contributed by atoms with E-state index < -0.39 is 35.2 Å². The van der Waals surface area contributed by atoms with Crippen LogP contribution < -0.4 is 5.73 Å². The summed E-state index contributed by atoms with van der Waals surface area (Å²) < 4.78 is 64.2. The first kappa shape index (κ1) is 15.5. The van der Waals surface area contributed by atoms with Crippen molar-refractivity contribution in [1.82, 2.24) is 4.90 Å². The number of alkyl halides is 3. The van der Waals surface area contributed by atoms with E-state index in [2.05, 4.69) is 0 Å². The lowest BCUT2D eigenvalue weighted by molar-refractivity contribution is -0.183. The second-order valence-corrected chi connectivity index (χ2v) is 4.96. The molecule has 0 unspecified atom stereocenters. The van der Waals surface area contributed by atoms with E-state index in [-0.39, 0.29) is 31.6 Å². The minimum atomic E-state index is -4.29. The number of rotatable bonds is 1. The summed E-state index contributed by atoms with van der Waals surface area (Å²) >= 11 is 0. The molecule has 0 aromatic heterocycles. The molecule has 21 heavy (non-hydrogen) atoms. The predicted molar refractivity (Wildman–Crippen MR) is 65.5 cm³/mol. The van der Waals surface area contributed by atoms with Crippen molar-refractivity contribution in [1.29, 1.82) is 0 Å². The Morgan fingerprint density at radius 2 is 1.71 bits per heavy atom. The number of nitrogens with zero attached hydrogens (tertiary/aromatic N) is 1. The number of carbonyl (C=O) groups excluding carboxylic acids is 1. The third kappa shape index (κ3) is 3.25. The molecule has 1 amide bonds. The van der Waals surface area contributed by atoms with Crippen LogP contribution in [-0.4, -0.2) is 30.1 Å². The Bertz CT molecular complexity index is 550. The Labute approximate surface area is 117 Å². The summed E-state index contributed by atoms with van der Waals surface area (Å²) in [5.74, 6) is -4.30. The monoisotopic (exact) mass is 308 g/mol. The van der Waals surface area contributed by atoms with Gasteiger partial charge < -0.3 is 10.6 Å². The molecule has 0 bridgehead atoms. The van der Waals surface area contributed by atoms with E-state index in [0.29, 0.717) is 6.07 Å². The highest BCUT2D eigenvalue weighted by molar-refractivity contribution is 5.95. The topological polar surface area (TPSA) is 46.3 Å². The van der Waals surface area contributed by atoms with Gasteiger partial charge in [-0.15, -0.1) is 0 Å². The lowest BCUT2D eigenvalue weighted by atomic mass is 9.96. The number of halogens is 5. The molecule has 2 rings (SSSR count). The van der Waals surface area contributed by atoms with E-state index in [0.717, 1.165) is 11.0 Å². The number of hydrogen-bond acceptors (Lipinski definition) is 2. The second-order valence-electron chi connectivity index (χ2n) is 4.96. The molecule has 0 radical (unpaired) electrons. The van der Waals surface area contributed by atoms with Crippen LogP contribution in [0.3, 0.4) is 0 Å². The number of benzene rings is 1. The van der Waals surface area contributed by atoms with Gasteiger partial charge in [0.2, 0.25) is 0 Å². The Balaban J connectivity index is 2.11. The summed E-state index contributed by atoms with van der Waals surface area (Å²) in [4.78, 5) is 13.2. The van der Waals surface area contributed by atoms with Crippen molar-refractivity contribution in [3.05, 3.63) is 29.3 Å². The van der Waals surface area contributed by atoms with Gasteiger partial charge in [-0.05, 0) is 18.9 Å². The standard InChI is InChI=1S/C13H13F5N2O/c14-9-6-10(15)11(19)5-8(9)12(21)20-3-1-7(2-4-20)13(16,17)18/h5-7H,1-4,19H2. The minimum Gasteiger partial charge on any atom is -0.396 e. The molecule has 1 aromatic rings.